The lowest BCUT2D eigenvalue weighted by molar-refractivity contribution is 0.0776. The van der Waals surface area contributed by atoms with Crippen LogP contribution in [-0.2, 0) is 4.74 Å². The molecule has 0 heterocycles. The van der Waals surface area contributed by atoms with Gasteiger partial charge in [-0.1, -0.05) is 12.5 Å². The van der Waals surface area contributed by atoms with Crippen LogP contribution in [0.15, 0.2) is 17.6 Å². The maximum Gasteiger partial charge on any atom is 0.193 e. The highest BCUT2D eigenvalue weighted by atomic mass is 16.5. The van der Waals surface area contributed by atoms with Gasteiger partial charge in [-0.15, -0.1) is 6.58 Å². The Morgan fingerprint density at radius 2 is 2.24 bits per heavy atom. The van der Waals surface area contributed by atoms with Crippen molar-refractivity contribution in [2.45, 2.75) is 45.4 Å². The Morgan fingerprint density at radius 3 is 2.76 bits per heavy atom. The number of nitrogens with one attached hydrogen (secondary N) is 1. The summed E-state index contributed by atoms with van der Waals surface area (Å²) in [5.74, 6) is 1.03. The number of methoxy groups -OCH3 is 1. The second kappa shape index (κ2) is 9.82. The molecule has 1 saturated carbocycles. The third-order valence-electron chi connectivity index (χ3n) is 4.41. The van der Waals surface area contributed by atoms with Crippen molar-refractivity contribution in [1.82, 2.24) is 10.2 Å². The molecule has 1 rings (SSSR count). The van der Waals surface area contributed by atoms with E-state index in [9.17, 15) is 0 Å². The molecule has 122 valence electrons. The Labute approximate surface area is 130 Å². The van der Waals surface area contributed by atoms with Crippen molar-refractivity contribution in [2.24, 2.45) is 10.4 Å². The summed E-state index contributed by atoms with van der Waals surface area (Å²) in [5.41, 5.74) is 0.388. The third kappa shape index (κ3) is 6.08. The van der Waals surface area contributed by atoms with E-state index in [1.54, 1.807) is 7.11 Å². The van der Waals surface area contributed by atoms with Gasteiger partial charge in [-0.05, 0) is 44.4 Å². The van der Waals surface area contributed by atoms with E-state index >= 15 is 0 Å². The summed E-state index contributed by atoms with van der Waals surface area (Å²) in [5, 5.41) is 3.41. The van der Waals surface area contributed by atoms with Crippen LogP contribution in [0.4, 0.5) is 0 Å². The van der Waals surface area contributed by atoms with Gasteiger partial charge in [-0.25, -0.2) is 0 Å². The monoisotopic (exact) mass is 295 g/mol. The first-order valence-corrected chi connectivity index (χ1v) is 8.27. The topological polar surface area (TPSA) is 36.9 Å². The Bertz CT molecular complexity index is 324. The summed E-state index contributed by atoms with van der Waals surface area (Å²) < 4.78 is 5.26. The molecule has 0 atom stereocenters. The standard InChI is InChI=1S/C17H33N3O/c1-5-7-8-13-20(3)16(18-6-2)19-15-17(10-9-11-17)12-14-21-4/h5H,1,6-15H2,2-4H3,(H,18,19). The highest BCUT2D eigenvalue weighted by Gasteiger charge is 2.36. The van der Waals surface area contributed by atoms with Crippen molar-refractivity contribution in [3.63, 3.8) is 0 Å². The summed E-state index contributed by atoms with van der Waals surface area (Å²) in [6.45, 7) is 9.60. The molecule has 21 heavy (non-hydrogen) atoms. The van der Waals surface area contributed by atoms with Gasteiger partial charge in [0.2, 0.25) is 0 Å². The van der Waals surface area contributed by atoms with Crippen molar-refractivity contribution in [3.8, 4) is 0 Å². The highest BCUT2D eigenvalue weighted by Crippen LogP contribution is 2.44. The van der Waals surface area contributed by atoms with Gasteiger partial charge in [0.1, 0.15) is 0 Å². The number of hydrogen-bond donors (Lipinski definition) is 1. The number of nitrogens with zero attached hydrogens (tertiary/aromatic N) is 2. The van der Waals surface area contributed by atoms with Gasteiger partial charge in [-0.3, -0.25) is 4.99 Å². The Morgan fingerprint density at radius 1 is 1.48 bits per heavy atom. The first-order valence-electron chi connectivity index (χ1n) is 8.27. The fourth-order valence-corrected chi connectivity index (χ4v) is 2.77. The lowest BCUT2D eigenvalue weighted by Gasteiger charge is -2.41. The van der Waals surface area contributed by atoms with Gasteiger partial charge in [0.25, 0.3) is 0 Å². The fourth-order valence-electron chi connectivity index (χ4n) is 2.77. The van der Waals surface area contributed by atoms with Crippen LogP contribution in [0.1, 0.15) is 45.4 Å². The zero-order valence-electron chi connectivity index (χ0n) is 14.2. The molecular weight excluding hydrogens is 262 g/mol. The lowest BCUT2D eigenvalue weighted by Crippen LogP contribution is -2.41. The molecule has 0 aromatic heterocycles. The molecule has 0 unspecified atom stereocenters. The van der Waals surface area contributed by atoms with E-state index in [1.165, 1.54) is 19.3 Å². The molecule has 0 aromatic rings. The van der Waals surface area contributed by atoms with Gasteiger partial charge < -0.3 is 15.0 Å². The van der Waals surface area contributed by atoms with Crippen molar-refractivity contribution in [2.75, 3.05) is 40.4 Å². The molecule has 4 heteroatoms. The zero-order chi connectivity index (χ0) is 15.6. The quantitative estimate of drug-likeness (QED) is 0.291. The van der Waals surface area contributed by atoms with Crippen LogP contribution in [-0.4, -0.2) is 51.3 Å². The Kier molecular flexibility index (Phi) is 8.43. The molecule has 1 aliphatic rings. The predicted molar refractivity (Wildman–Crippen MR) is 90.8 cm³/mol. The van der Waals surface area contributed by atoms with E-state index in [1.807, 2.05) is 6.08 Å². The van der Waals surface area contributed by atoms with Crippen molar-refractivity contribution in [3.05, 3.63) is 12.7 Å². The molecule has 0 amide bonds. The molecular formula is C17H33N3O. The van der Waals surface area contributed by atoms with Gasteiger partial charge >= 0.3 is 0 Å². The summed E-state index contributed by atoms with van der Waals surface area (Å²) in [6.07, 6.45) is 9.21. The molecule has 4 nitrogen and oxygen atoms in total. The average molecular weight is 295 g/mol. The Balaban J connectivity index is 2.54. The lowest BCUT2D eigenvalue weighted by atomic mass is 9.67. The van der Waals surface area contributed by atoms with Crippen molar-refractivity contribution in [1.29, 1.82) is 0 Å². The van der Waals surface area contributed by atoms with Crippen molar-refractivity contribution < 1.29 is 4.74 Å². The smallest absolute Gasteiger partial charge is 0.193 e. The number of unbranched alkanes of at least 4 members (excludes halogenated alkanes) is 1. The Hall–Kier alpha value is -1.03. The van der Waals surface area contributed by atoms with Crippen molar-refractivity contribution >= 4 is 5.96 Å². The van der Waals surface area contributed by atoms with E-state index in [0.717, 1.165) is 51.5 Å². The van der Waals surface area contributed by atoms with Gasteiger partial charge in [0.05, 0.1) is 0 Å². The summed E-state index contributed by atoms with van der Waals surface area (Å²) in [6, 6.07) is 0. The molecule has 1 aliphatic carbocycles. The first kappa shape index (κ1) is 18.0. The minimum Gasteiger partial charge on any atom is -0.385 e. The number of guanidine groups is 1. The van der Waals surface area contributed by atoms with E-state index in [-0.39, 0.29) is 0 Å². The van der Waals surface area contributed by atoms with Gasteiger partial charge in [0.15, 0.2) is 5.96 Å². The number of hydrogen-bond acceptors (Lipinski definition) is 2. The average Bonchev–Trinajstić information content (AvgIpc) is 2.44. The van der Waals surface area contributed by atoms with Crippen LogP contribution in [0.25, 0.3) is 0 Å². The van der Waals surface area contributed by atoms with E-state index < -0.39 is 0 Å². The molecule has 0 aliphatic heterocycles. The second-order valence-electron chi connectivity index (χ2n) is 6.12. The van der Waals surface area contributed by atoms with Crippen LogP contribution in [0.3, 0.4) is 0 Å². The normalized spacial score (nSPS) is 17.2. The molecule has 0 radical (unpaired) electrons. The fraction of sp³-hybridized carbons (Fsp3) is 0.824. The summed E-state index contributed by atoms with van der Waals surface area (Å²) in [4.78, 5) is 7.12. The number of rotatable bonds is 10. The minimum absolute atomic E-state index is 0.388. The third-order valence-corrected chi connectivity index (χ3v) is 4.41. The molecule has 1 fully saturated rings. The first-order chi connectivity index (χ1) is 10.2. The van der Waals surface area contributed by atoms with Crippen LogP contribution < -0.4 is 5.32 Å². The highest BCUT2D eigenvalue weighted by molar-refractivity contribution is 5.79. The molecule has 0 saturated heterocycles. The molecule has 0 bridgehead atoms. The van der Waals surface area contributed by atoms with Crippen LogP contribution in [0.2, 0.25) is 0 Å². The van der Waals surface area contributed by atoms with Gasteiger partial charge in [-0.2, -0.15) is 0 Å². The molecule has 0 aromatic carbocycles. The van der Waals surface area contributed by atoms with E-state index in [4.69, 9.17) is 9.73 Å². The van der Waals surface area contributed by atoms with E-state index in [2.05, 4.69) is 30.8 Å². The van der Waals surface area contributed by atoms with Crippen LogP contribution >= 0.6 is 0 Å². The SMILES string of the molecule is C=CCCCN(C)C(=NCC1(CCOC)CCC1)NCC. The molecule has 0 spiro atoms. The number of aliphatic imine (C=N–C) groups is 1. The predicted octanol–water partition coefficient (Wildman–Crippen LogP) is 3.06. The van der Waals surface area contributed by atoms with E-state index in [0.29, 0.717) is 5.41 Å². The maximum absolute atomic E-state index is 5.26. The summed E-state index contributed by atoms with van der Waals surface area (Å²) in [7, 11) is 3.90. The zero-order valence-corrected chi connectivity index (χ0v) is 14.2. The number of ether oxygens (including phenoxy) is 1. The summed E-state index contributed by atoms with van der Waals surface area (Å²) >= 11 is 0. The van der Waals surface area contributed by atoms with Crippen LogP contribution in [0.5, 0.6) is 0 Å². The van der Waals surface area contributed by atoms with Crippen LogP contribution in [0, 0.1) is 5.41 Å². The second-order valence-corrected chi connectivity index (χ2v) is 6.12. The number of allylic oxidation sites excluding steroid dienone is 1. The van der Waals surface area contributed by atoms with Gasteiger partial charge in [0, 0.05) is 40.4 Å². The largest absolute Gasteiger partial charge is 0.385 e. The minimum atomic E-state index is 0.388. The molecule has 1 N–H and O–H groups in total. The maximum atomic E-state index is 5.26.